The molecule has 1 aromatic heterocycles. The number of rotatable bonds is 8. The van der Waals surface area contributed by atoms with Crippen molar-refractivity contribution in [2.24, 2.45) is 0 Å². The number of sulfonamides is 1. The standard InChI is InChI=1S/C22H31N5O5S/c1-3-31-19-5-6-21(20(16-19)32-4-2)33(28,29)27-9-7-25(8-10-27)18-15-22(24-23-17-18)26-11-13-30-14-12-26/h5-6,15-17H,3-4,7-14H2,1-2H3. The maximum Gasteiger partial charge on any atom is 0.246 e. The predicted octanol–water partition coefficient (Wildman–Crippen LogP) is 1.62. The number of benzene rings is 1. The molecule has 4 rings (SSSR count). The van der Waals surface area contributed by atoms with Crippen LogP contribution in [0.3, 0.4) is 0 Å². The Kier molecular flexibility index (Phi) is 7.51. The smallest absolute Gasteiger partial charge is 0.246 e. The molecule has 0 bridgehead atoms. The van der Waals surface area contributed by atoms with Gasteiger partial charge < -0.3 is 24.0 Å². The molecule has 33 heavy (non-hydrogen) atoms. The number of morpholine rings is 1. The van der Waals surface area contributed by atoms with E-state index in [1.54, 1.807) is 24.4 Å². The van der Waals surface area contributed by atoms with Gasteiger partial charge in [-0.3, -0.25) is 0 Å². The number of nitrogens with zero attached hydrogens (tertiary/aromatic N) is 5. The van der Waals surface area contributed by atoms with Crippen molar-refractivity contribution in [3.8, 4) is 11.5 Å². The largest absolute Gasteiger partial charge is 0.494 e. The zero-order chi connectivity index (χ0) is 23.3. The molecule has 11 heteroatoms. The van der Waals surface area contributed by atoms with Gasteiger partial charge in [-0.25, -0.2) is 8.42 Å². The first-order chi connectivity index (χ1) is 16.0. The summed E-state index contributed by atoms with van der Waals surface area (Å²) in [4.78, 5) is 4.47. The highest BCUT2D eigenvalue weighted by molar-refractivity contribution is 7.89. The maximum absolute atomic E-state index is 13.4. The van der Waals surface area contributed by atoms with E-state index in [-0.39, 0.29) is 4.90 Å². The van der Waals surface area contributed by atoms with Crippen LogP contribution in [0.2, 0.25) is 0 Å². The summed E-state index contributed by atoms with van der Waals surface area (Å²) in [7, 11) is -3.70. The topological polar surface area (TPSA) is 97.3 Å². The van der Waals surface area contributed by atoms with Crippen molar-refractivity contribution in [2.45, 2.75) is 18.7 Å². The van der Waals surface area contributed by atoms with E-state index >= 15 is 0 Å². The van der Waals surface area contributed by atoms with E-state index in [1.807, 2.05) is 19.9 Å². The summed E-state index contributed by atoms with van der Waals surface area (Å²) in [5, 5.41) is 8.43. The lowest BCUT2D eigenvalue weighted by molar-refractivity contribution is 0.122. The summed E-state index contributed by atoms with van der Waals surface area (Å²) in [6.45, 7) is 9.38. The molecule has 0 saturated carbocycles. The minimum atomic E-state index is -3.70. The molecule has 0 spiro atoms. The highest BCUT2D eigenvalue weighted by Crippen LogP contribution is 2.32. The lowest BCUT2D eigenvalue weighted by atomic mass is 10.3. The van der Waals surface area contributed by atoms with Crippen LogP contribution >= 0.6 is 0 Å². The molecule has 2 saturated heterocycles. The molecule has 2 aliphatic heterocycles. The quantitative estimate of drug-likeness (QED) is 0.562. The predicted molar refractivity (Wildman–Crippen MR) is 125 cm³/mol. The second-order valence-corrected chi connectivity index (χ2v) is 9.64. The van der Waals surface area contributed by atoms with E-state index in [2.05, 4.69) is 20.0 Å². The highest BCUT2D eigenvalue weighted by Gasteiger charge is 2.31. The Morgan fingerprint density at radius 1 is 0.939 bits per heavy atom. The van der Waals surface area contributed by atoms with Gasteiger partial charge in [-0.2, -0.15) is 9.40 Å². The SMILES string of the molecule is CCOc1ccc(S(=O)(=O)N2CCN(c3cnnc(N4CCOCC4)c3)CC2)c(OCC)c1. The second kappa shape index (κ2) is 10.5. The number of aromatic nitrogens is 2. The fourth-order valence-corrected chi connectivity index (χ4v) is 5.55. The van der Waals surface area contributed by atoms with Crippen LogP contribution in [0.5, 0.6) is 11.5 Å². The Balaban J connectivity index is 1.46. The van der Waals surface area contributed by atoms with Crippen molar-refractivity contribution in [3.63, 3.8) is 0 Å². The fourth-order valence-electron chi connectivity index (χ4n) is 4.02. The van der Waals surface area contributed by atoms with Crippen molar-refractivity contribution in [1.82, 2.24) is 14.5 Å². The Morgan fingerprint density at radius 3 is 2.36 bits per heavy atom. The van der Waals surface area contributed by atoms with E-state index in [1.165, 1.54) is 4.31 Å². The first-order valence-electron chi connectivity index (χ1n) is 11.3. The molecule has 0 N–H and O–H groups in total. The average molecular weight is 478 g/mol. The van der Waals surface area contributed by atoms with E-state index in [0.29, 0.717) is 64.1 Å². The van der Waals surface area contributed by atoms with Gasteiger partial charge in [0.2, 0.25) is 10.0 Å². The average Bonchev–Trinajstić information content (AvgIpc) is 2.85. The van der Waals surface area contributed by atoms with Gasteiger partial charge in [0.15, 0.2) is 5.82 Å². The van der Waals surface area contributed by atoms with Crippen molar-refractivity contribution in [2.75, 3.05) is 75.5 Å². The third-order valence-electron chi connectivity index (χ3n) is 5.71. The van der Waals surface area contributed by atoms with Gasteiger partial charge in [-0.1, -0.05) is 0 Å². The summed E-state index contributed by atoms with van der Waals surface area (Å²) in [6.07, 6.45) is 1.73. The van der Waals surface area contributed by atoms with Crippen LogP contribution in [-0.4, -0.2) is 88.6 Å². The maximum atomic E-state index is 13.4. The fraction of sp³-hybridized carbons (Fsp3) is 0.545. The lowest BCUT2D eigenvalue weighted by Crippen LogP contribution is -2.48. The molecular weight excluding hydrogens is 446 g/mol. The summed E-state index contributed by atoms with van der Waals surface area (Å²) in [6, 6.07) is 6.90. The Hall–Kier alpha value is -2.63. The van der Waals surface area contributed by atoms with Crippen molar-refractivity contribution < 1.29 is 22.6 Å². The van der Waals surface area contributed by atoms with E-state index in [9.17, 15) is 8.42 Å². The summed E-state index contributed by atoms with van der Waals surface area (Å²) >= 11 is 0. The summed E-state index contributed by atoms with van der Waals surface area (Å²) < 4.78 is 44.9. The molecular formula is C22H31N5O5S. The molecule has 0 radical (unpaired) electrons. The number of anilines is 2. The second-order valence-electron chi connectivity index (χ2n) is 7.74. The molecule has 0 atom stereocenters. The van der Waals surface area contributed by atoms with Gasteiger partial charge in [0.05, 0.1) is 38.3 Å². The van der Waals surface area contributed by atoms with Crippen LogP contribution in [0.4, 0.5) is 11.5 Å². The molecule has 2 aliphatic rings. The number of piperazine rings is 1. The zero-order valence-corrected chi connectivity index (χ0v) is 20.0. The monoisotopic (exact) mass is 477 g/mol. The first kappa shape index (κ1) is 23.5. The molecule has 0 unspecified atom stereocenters. The molecule has 0 aliphatic carbocycles. The van der Waals surface area contributed by atoms with Gasteiger partial charge in [0.25, 0.3) is 0 Å². The van der Waals surface area contributed by atoms with Crippen molar-refractivity contribution in [3.05, 3.63) is 30.5 Å². The van der Waals surface area contributed by atoms with Crippen molar-refractivity contribution >= 4 is 21.5 Å². The lowest BCUT2D eigenvalue weighted by Gasteiger charge is -2.36. The van der Waals surface area contributed by atoms with Gasteiger partial charge in [-0.05, 0) is 26.0 Å². The Bertz CT molecular complexity index is 1040. The minimum absolute atomic E-state index is 0.168. The van der Waals surface area contributed by atoms with Gasteiger partial charge >= 0.3 is 0 Å². The zero-order valence-electron chi connectivity index (χ0n) is 19.1. The number of ether oxygens (including phenoxy) is 3. The number of hydrogen-bond acceptors (Lipinski definition) is 9. The van der Waals surface area contributed by atoms with Crippen LogP contribution in [-0.2, 0) is 14.8 Å². The highest BCUT2D eigenvalue weighted by atomic mass is 32.2. The molecule has 0 amide bonds. The molecule has 3 heterocycles. The minimum Gasteiger partial charge on any atom is -0.494 e. The van der Waals surface area contributed by atoms with Crippen LogP contribution in [0.15, 0.2) is 35.4 Å². The third kappa shape index (κ3) is 5.31. The molecule has 2 fully saturated rings. The van der Waals surface area contributed by atoms with Gasteiger partial charge in [0.1, 0.15) is 16.4 Å². The molecule has 180 valence electrons. The Morgan fingerprint density at radius 2 is 1.67 bits per heavy atom. The first-order valence-corrected chi connectivity index (χ1v) is 12.8. The third-order valence-corrected chi connectivity index (χ3v) is 7.65. The van der Waals surface area contributed by atoms with E-state index in [0.717, 1.165) is 24.6 Å². The van der Waals surface area contributed by atoms with Crippen LogP contribution < -0.4 is 19.3 Å². The van der Waals surface area contributed by atoms with Crippen LogP contribution in [0, 0.1) is 0 Å². The van der Waals surface area contributed by atoms with Gasteiger partial charge in [0, 0.05) is 51.4 Å². The normalized spacial score (nSPS) is 17.8. The molecule has 10 nitrogen and oxygen atoms in total. The van der Waals surface area contributed by atoms with Crippen molar-refractivity contribution in [1.29, 1.82) is 0 Å². The number of hydrogen-bond donors (Lipinski definition) is 0. The Labute approximate surface area is 195 Å². The molecule has 1 aromatic carbocycles. The van der Waals surface area contributed by atoms with E-state index in [4.69, 9.17) is 14.2 Å². The summed E-state index contributed by atoms with van der Waals surface area (Å²) in [5.41, 5.74) is 0.944. The van der Waals surface area contributed by atoms with Crippen LogP contribution in [0.25, 0.3) is 0 Å². The van der Waals surface area contributed by atoms with E-state index < -0.39 is 10.0 Å². The van der Waals surface area contributed by atoms with Crippen LogP contribution in [0.1, 0.15) is 13.8 Å². The molecule has 2 aromatic rings. The van der Waals surface area contributed by atoms with Gasteiger partial charge in [-0.15, -0.1) is 5.10 Å². The summed E-state index contributed by atoms with van der Waals surface area (Å²) in [5.74, 6) is 1.73.